The maximum Gasteiger partial charge on any atom is 0.221 e. The highest BCUT2D eigenvalue weighted by Gasteiger charge is 2.24. The van der Waals surface area contributed by atoms with E-state index >= 15 is 0 Å². The molecule has 0 aliphatic heterocycles. The van der Waals surface area contributed by atoms with Crippen LogP contribution in [0.25, 0.3) is 122 Å². The first-order valence-electron chi connectivity index (χ1n) is 20.8. The first-order chi connectivity index (χ1) is 30.7. The lowest BCUT2D eigenvalue weighted by Gasteiger charge is -2.15. The average molecular weight is 792 g/mol. The topological polar surface area (TPSA) is 73.8 Å². The summed E-state index contributed by atoms with van der Waals surface area (Å²) in [5.74, 6) is 2.61. The summed E-state index contributed by atoms with van der Waals surface area (Å²) in [5, 5.41) is 7.47. The van der Waals surface area contributed by atoms with Gasteiger partial charge in [-0.2, -0.15) is 0 Å². The summed E-state index contributed by atoms with van der Waals surface area (Å²) in [6.45, 7) is 0. The van der Waals surface area contributed by atoms with Gasteiger partial charge in [-0.25, -0.2) is 24.9 Å². The minimum Gasteiger partial charge on any atom is -0.278 e. The van der Waals surface area contributed by atoms with Crippen LogP contribution in [0.4, 0.5) is 0 Å². The third-order valence-electron chi connectivity index (χ3n) is 12.2. The Labute approximate surface area is 354 Å². The van der Waals surface area contributed by atoms with Gasteiger partial charge in [0.2, 0.25) is 5.95 Å². The molecule has 0 spiro atoms. The molecule has 7 heteroatoms. The molecule has 0 amide bonds. The zero-order chi connectivity index (χ0) is 40.7. The van der Waals surface area contributed by atoms with Crippen molar-refractivity contribution < 1.29 is 0 Å². The van der Waals surface area contributed by atoms with Crippen LogP contribution in [0, 0.1) is 0 Å². The Morgan fingerprint density at radius 1 is 0.323 bits per heavy atom. The van der Waals surface area contributed by atoms with Crippen LogP contribution in [-0.4, -0.2) is 33.9 Å². The Morgan fingerprint density at radius 3 is 1.73 bits per heavy atom. The molecule has 0 bridgehead atoms. The summed E-state index contributed by atoms with van der Waals surface area (Å²) in [5.41, 5.74) is 10.8. The molecular weight excluding hydrogens is 759 g/mol. The fourth-order valence-corrected chi connectivity index (χ4v) is 9.30. The zero-order valence-corrected chi connectivity index (χ0v) is 33.2. The number of nitrogens with zero attached hydrogens (tertiary/aromatic N) is 7. The highest BCUT2D eigenvalue weighted by molar-refractivity contribution is 6.22. The number of para-hydroxylation sites is 4. The van der Waals surface area contributed by atoms with Crippen molar-refractivity contribution in [2.24, 2.45) is 0 Å². The molecule has 13 rings (SSSR count). The van der Waals surface area contributed by atoms with Crippen molar-refractivity contribution in [3.63, 3.8) is 0 Å². The van der Waals surface area contributed by atoms with Crippen molar-refractivity contribution in [2.45, 2.75) is 0 Å². The molecule has 13 aromatic rings. The summed E-state index contributed by atoms with van der Waals surface area (Å²) < 4.78 is 4.53. The minimum absolute atomic E-state index is 0.604. The number of imidazole rings is 1. The molecule has 0 saturated carbocycles. The summed E-state index contributed by atoms with van der Waals surface area (Å²) in [4.78, 5) is 26.5. The van der Waals surface area contributed by atoms with Crippen LogP contribution >= 0.6 is 0 Å². The van der Waals surface area contributed by atoms with E-state index in [9.17, 15) is 0 Å². The van der Waals surface area contributed by atoms with Crippen LogP contribution in [0.1, 0.15) is 0 Å². The lowest BCUT2D eigenvalue weighted by Crippen LogP contribution is -2.06. The zero-order valence-electron chi connectivity index (χ0n) is 33.2. The van der Waals surface area contributed by atoms with E-state index in [2.05, 4.69) is 191 Å². The molecule has 0 radical (unpaired) electrons. The Hall–Kier alpha value is -8.55. The lowest BCUT2D eigenvalue weighted by molar-refractivity contribution is 0.982. The summed E-state index contributed by atoms with van der Waals surface area (Å²) >= 11 is 0. The third kappa shape index (κ3) is 5.22. The number of aromatic nitrogens is 7. The van der Waals surface area contributed by atoms with E-state index < -0.39 is 0 Å². The lowest BCUT2D eigenvalue weighted by atomic mass is 9.99. The van der Waals surface area contributed by atoms with Crippen molar-refractivity contribution in [1.29, 1.82) is 0 Å². The van der Waals surface area contributed by atoms with E-state index in [1.807, 2.05) is 18.2 Å². The van der Waals surface area contributed by atoms with Crippen LogP contribution in [0.2, 0.25) is 0 Å². The van der Waals surface area contributed by atoms with E-state index in [0.29, 0.717) is 17.5 Å². The molecule has 0 aliphatic rings. The first kappa shape index (κ1) is 34.3. The van der Waals surface area contributed by atoms with E-state index in [-0.39, 0.29) is 0 Å². The number of rotatable bonds is 5. The van der Waals surface area contributed by atoms with Gasteiger partial charge in [-0.05, 0) is 63.7 Å². The van der Waals surface area contributed by atoms with Crippen LogP contribution < -0.4 is 0 Å². The van der Waals surface area contributed by atoms with Gasteiger partial charge in [0.05, 0.1) is 27.6 Å². The number of fused-ring (bicyclic) bond motifs is 11. The van der Waals surface area contributed by atoms with Gasteiger partial charge in [-0.15, -0.1) is 0 Å². The predicted octanol–water partition coefficient (Wildman–Crippen LogP) is 13.3. The van der Waals surface area contributed by atoms with Crippen molar-refractivity contribution in [3.05, 3.63) is 200 Å². The van der Waals surface area contributed by atoms with E-state index in [4.69, 9.17) is 24.9 Å². The van der Waals surface area contributed by atoms with Gasteiger partial charge in [0.25, 0.3) is 0 Å². The maximum absolute atomic E-state index is 5.45. The first-order valence-corrected chi connectivity index (χ1v) is 20.8. The Balaban J connectivity index is 1.11. The van der Waals surface area contributed by atoms with Gasteiger partial charge >= 0.3 is 0 Å². The molecule has 4 aromatic heterocycles. The second kappa shape index (κ2) is 13.5. The monoisotopic (exact) mass is 791 g/mol. The van der Waals surface area contributed by atoms with Gasteiger partial charge in [0, 0.05) is 38.2 Å². The molecule has 0 atom stereocenters. The number of hydrogen-bond donors (Lipinski definition) is 0. The smallest absolute Gasteiger partial charge is 0.221 e. The molecular formula is C55H33N7. The molecule has 0 aliphatic carbocycles. The van der Waals surface area contributed by atoms with Crippen molar-refractivity contribution in [1.82, 2.24) is 33.9 Å². The fraction of sp³-hybridized carbons (Fsp3) is 0. The standard InChI is InChI=1S/C55H33N7/c1-2-15-34(16-3-1)35-29-31-37(32-30-35)51-58-52(42-24-14-18-36-17-4-5-19-38(36)42)60-53(59-51)45-33-44-40-21-9-12-27-48(40)61(50(44)41-22-7-6-20-39(41)45)55-57-46-25-10-8-23-43(46)54-56-47-26-11-13-28-49(47)62(54)55/h1-33H. The van der Waals surface area contributed by atoms with Gasteiger partial charge in [0.15, 0.2) is 17.5 Å². The van der Waals surface area contributed by atoms with Gasteiger partial charge < -0.3 is 0 Å². The normalized spacial score (nSPS) is 11.9. The summed E-state index contributed by atoms with van der Waals surface area (Å²) in [6, 6.07) is 69.7. The van der Waals surface area contributed by atoms with E-state index in [1.54, 1.807) is 0 Å². The van der Waals surface area contributed by atoms with Gasteiger partial charge in [-0.3, -0.25) is 8.97 Å². The molecule has 9 aromatic carbocycles. The van der Waals surface area contributed by atoms with Crippen molar-refractivity contribution >= 4 is 70.9 Å². The molecule has 0 fully saturated rings. The average Bonchev–Trinajstić information content (AvgIpc) is 3.90. The van der Waals surface area contributed by atoms with Crippen LogP contribution in [0.3, 0.4) is 0 Å². The Bertz CT molecular complexity index is 3920. The van der Waals surface area contributed by atoms with Crippen LogP contribution in [-0.2, 0) is 0 Å². The molecule has 0 N–H and O–H groups in total. The highest BCUT2D eigenvalue weighted by atomic mass is 15.2. The quantitative estimate of drug-likeness (QED) is 0.174. The van der Waals surface area contributed by atoms with E-state index in [0.717, 1.165) is 105 Å². The Kier molecular flexibility index (Phi) is 7.47. The van der Waals surface area contributed by atoms with Crippen LogP contribution in [0.5, 0.6) is 0 Å². The molecule has 0 unspecified atom stereocenters. The second-order valence-corrected chi connectivity index (χ2v) is 15.7. The summed E-state index contributed by atoms with van der Waals surface area (Å²) in [7, 11) is 0. The van der Waals surface area contributed by atoms with Crippen LogP contribution in [0.15, 0.2) is 200 Å². The number of hydrogen-bond acceptors (Lipinski definition) is 5. The largest absolute Gasteiger partial charge is 0.278 e. The van der Waals surface area contributed by atoms with E-state index in [1.165, 1.54) is 0 Å². The second-order valence-electron chi connectivity index (χ2n) is 15.7. The Morgan fingerprint density at radius 2 is 0.903 bits per heavy atom. The highest BCUT2D eigenvalue weighted by Crippen LogP contribution is 2.42. The SMILES string of the molecule is c1ccc(-c2ccc(-c3nc(-c4cccc5ccccc45)nc(-c4cc5c6ccccc6n(-c6nc7ccccc7c7nc8ccccc8n67)c5c5ccccc45)n3)cc2)cc1. The molecule has 0 saturated heterocycles. The maximum atomic E-state index is 5.45. The van der Waals surface area contributed by atoms with Crippen molar-refractivity contribution in [2.75, 3.05) is 0 Å². The molecule has 62 heavy (non-hydrogen) atoms. The fourth-order valence-electron chi connectivity index (χ4n) is 9.30. The number of benzene rings is 9. The molecule has 4 heterocycles. The third-order valence-corrected chi connectivity index (χ3v) is 12.2. The van der Waals surface area contributed by atoms with Gasteiger partial charge in [0.1, 0.15) is 5.65 Å². The van der Waals surface area contributed by atoms with Crippen molar-refractivity contribution in [3.8, 4) is 51.2 Å². The predicted molar refractivity (Wildman–Crippen MR) is 252 cm³/mol. The minimum atomic E-state index is 0.604. The summed E-state index contributed by atoms with van der Waals surface area (Å²) in [6.07, 6.45) is 0. The molecule has 7 nitrogen and oxygen atoms in total. The molecule has 288 valence electrons. The van der Waals surface area contributed by atoms with Gasteiger partial charge in [-0.1, -0.05) is 164 Å².